The Morgan fingerprint density at radius 3 is 2.21 bits per heavy atom. The van der Waals surface area contributed by atoms with Gasteiger partial charge >= 0.3 is 17.9 Å². The lowest BCUT2D eigenvalue weighted by Crippen LogP contribution is -2.37. The zero-order valence-electron chi connectivity index (χ0n) is 18.3. The molecule has 0 aliphatic carbocycles. The number of carbonyl (C=O) groups is 3. The molecule has 0 saturated carbocycles. The van der Waals surface area contributed by atoms with Crippen molar-refractivity contribution in [2.45, 2.75) is 26.8 Å². The number of halogens is 1. The molecule has 0 spiro atoms. The molecule has 2 aromatic rings. The number of esters is 3. The van der Waals surface area contributed by atoms with Crippen molar-refractivity contribution in [3.63, 3.8) is 0 Å². The van der Waals surface area contributed by atoms with Crippen molar-refractivity contribution < 1.29 is 28.6 Å². The molecular weight excluding hydrogens is 454 g/mol. The van der Waals surface area contributed by atoms with E-state index in [4.69, 9.17) is 25.8 Å². The Kier molecular flexibility index (Phi) is 10.0. The first kappa shape index (κ1) is 25.5. The number of hydrogen-bond donors (Lipinski definition) is 2. The lowest BCUT2D eigenvalue weighted by atomic mass is 10.2. The molecule has 1 atom stereocenters. The van der Waals surface area contributed by atoms with E-state index in [1.165, 1.54) is 6.21 Å². The second-order valence-electron chi connectivity index (χ2n) is 6.17. The summed E-state index contributed by atoms with van der Waals surface area (Å²) in [6.07, 6.45) is 2.22. The summed E-state index contributed by atoms with van der Waals surface area (Å²) in [6.45, 7) is 5.04. The number of ether oxygens (including phenoxy) is 3. The van der Waals surface area contributed by atoms with E-state index >= 15 is 0 Å². The van der Waals surface area contributed by atoms with E-state index in [0.717, 1.165) is 6.20 Å². The largest absolute Gasteiger partial charge is 0.464 e. The van der Waals surface area contributed by atoms with Gasteiger partial charge in [-0.3, -0.25) is 5.43 Å². The van der Waals surface area contributed by atoms with Crippen LogP contribution in [0.25, 0.3) is 10.8 Å². The molecule has 0 amide bonds. The van der Waals surface area contributed by atoms with Gasteiger partial charge in [0.1, 0.15) is 0 Å². The third-order valence-electron chi connectivity index (χ3n) is 3.97. The van der Waals surface area contributed by atoms with Crippen molar-refractivity contribution in [2.24, 2.45) is 5.10 Å². The van der Waals surface area contributed by atoms with Gasteiger partial charge in [0.25, 0.3) is 0 Å². The van der Waals surface area contributed by atoms with Crippen LogP contribution in [0, 0.1) is 0 Å². The lowest BCUT2D eigenvalue weighted by molar-refractivity contribution is -0.147. The van der Waals surface area contributed by atoms with E-state index in [-0.39, 0.29) is 25.0 Å². The number of carbonyl (C=O) groups excluding carboxylic acids is 3. The van der Waals surface area contributed by atoms with Gasteiger partial charge in [0.2, 0.25) is 0 Å². The number of nitrogens with zero attached hydrogens (tertiary/aromatic N) is 3. The fourth-order valence-electron chi connectivity index (χ4n) is 2.52. The first-order valence-corrected chi connectivity index (χ1v) is 10.5. The summed E-state index contributed by atoms with van der Waals surface area (Å²) in [5, 5.41) is 16.1. The highest BCUT2D eigenvalue weighted by Gasteiger charge is 2.23. The smallest absolute Gasteiger partial charge is 0.347 e. The monoisotopic (exact) mass is 477 g/mol. The van der Waals surface area contributed by atoms with Crippen LogP contribution in [0.3, 0.4) is 0 Å². The van der Waals surface area contributed by atoms with Crippen LogP contribution in [0.5, 0.6) is 0 Å². The van der Waals surface area contributed by atoms with E-state index in [9.17, 15) is 14.4 Å². The Hall–Kier alpha value is -3.73. The van der Waals surface area contributed by atoms with Crippen LogP contribution < -0.4 is 10.7 Å². The Morgan fingerprint density at radius 2 is 1.61 bits per heavy atom. The molecule has 2 rings (SSSR count). The van der Waals surface area contributed by atoms with Gasteiger partial charge in [0, 0.05) is 17.0 Å². The highest BCUT2D eigenvalue weighted by atomic mass is 35.5. The van der Waals surface area contributed by atoms with Crippen LogP contribution in [-0.4, -0.2) is 60.2 Å². The first-order valence-electron chi connectivity index (χ1n) is 10.1. The number of anilines is 1. The fraction of sp³-hybridized carbons (Fsp3) is 0.333. The van der Waals surface area contributed by atoms with Gasteiger partial charge in [-0.25, -0.2) is 14.4 Å². The minimum atomic E-state index is -1.15. The van der Waals surface area contributed by atoms with Crippen LogP contribution in [0.1, 0.15) is 20.8 Å². The Morgan fingerprint density at radius 1 is 1.00 bits per heavy atom. The van der Waals surface area contributed by atoms with E-state index in [0.29, 0.717) is 16.6 Å². The predicted molar refractivity (Wildman–Crippen MR) is 122 cm³/mol. The van der Waals surface area contributed by atoms with Gasteiger partial charge in [-0.2, -0.15) is 5.10 Å². The van der Waals surface area contributed by atoms with Crippen molar-refractivity contribution >= 4 is 52.3 Å². The van der Waals surface area contributed by atoms with Crippen LogP contribution in [0.15, 0.2) is 41.1 Å². The number of nitrogens with one attached hydrogen (secondary N) is 2. The van der Waals surface area contributed by atoms with Gasteiger partial charge in [-0.05, 0) is 20.8 Å². The minimum Gasteiger partial charge on any atom is -0.464 e. The van der Waals surface area contributed by atoms with E-state index in [1.807, 2.05) is 0 Å². The van der Waals surface area contributed by atoms with Gasteiger partial charge in [0.05, 0.1) is 26.0 Å². The van der Waals surface area contributed by atoms with Crippen LogP contribution in [0.4, 0.5) is 5.82 Å². The van der Waals surface area contributed by atoms with Gasteiger partial charge in [-0.1, -0.05) is 35.9 Å². The molecular formula is C21H24ClN5O6. The lowest BCUT2D eigenvalue weighted by Gasteiger charge is -2.13. The molecule has 0 saturated heterocycles. The van der Waals surface area contributed by atoms with Crippen LogP contribution in [-0.2, 0) is 28.6 Å². The zero-order valence-corrected chi connectivity index (χ0v) is 19.1. The maximum atomic E-state index is 12.3. The molecule has 1 aromatic heterocycles. The first-order chi connectivity index (χ1) is 15.9. The van der Waals surface area contributed by atoms with Crippen LogP contribution in [0.2, 0.25) is 5.15 Å². The number of benzene rings is 1. The van der Waals surface area contributed by atoms with Crippen LogP contribution >= 0.6 is 11.6 Å². The third-order valence-corrected chi connectivity index (χ3v) is 4.25. The number of hydrogen-bond acceptors (Lipinski definition) is 11. The molecule has 0 aliphatic rings. The highest BCUT2D eigenvalue weighted by Crippen LogP contribution is 2.25. The topological polar surface area (TPSA) is 141 Å². The molecule has 33 heavy (non-hydrogen) atoms. The minimum absolute atomic E-state index is 0.0539. The quantitative estimate of drug-likeness (QED) is 0.0940. The molecule has 2 N–H and O–H groups in total. The Labute approximate surface area is 195 Å². The second kappa shape index (κ2) is 13.0. The molecule has 12 heteroatoms. The molecule has 0 radical (unpaired) electrons. The van der Waals surface area contributed by atoms with Crippen molar-refractivity contribution in [1.29, 1.82) is 0 Å². The third kappa shape index (κ3) is 7.14. The molecule has 1 unspecified atom stereocenters. The second-order valence-corrected chi connectivity index (χ2v) is 6.53. The average molecular weight is 478 g/mol. The van der Waals surface area contributed by atoms with E-state index < -0.39 is 29.5 Å². The van der Waals surface area contributed by atoms with Crippen molar-refractivity contribution in [1.82, 2.24) is 15.5 Å². The van der Waals surface area contributed by atoms with Crippen molar-refractivity contribution in [3.8, 4) is 0 Å². The summed E-state index contributed by atoms with van der Waals surface area (Å²) in [4.78, 5) is 36.5. The standard InChI is InChI=1S/C21H24ClN5O6/c1-4-31-19(28)15(20(29)32-5-2)11-23-16(21(30)33-6-3)12-24-26-18-14-10-8-7-9-13(14)17(22)25-27-18/h7-12,16,23H,4-6H2,1-3H3,(H,26,27)/b24-12+. The van der Waals surface area contributed by atoms with Gasteiger partial charge in [0.15, 0.2) is 22.6 Å². The molecule has 0 bridgehead atoms. The molecule has 1 heterocycles. The van der Waals surface area contributed by atoms with Gasteiger partial charge in [-0.15, -0.1) is 10.2 Å². The van der Waals surface area contributed by atoms with Gasteiger partial charge < -0.3 is 19.5 Å². The average Bonchev–Trinajstić information content (AvgIpc) is 2.80. The highest BCUT2D eigenvalue weighted by molar-refractivity contribution is 6.34. The number of aromatic nitrogens is 2. The predicted octanol–water partition coefficient (Wildman–Crippen LogP) is 2.21. The van der Waals surface area contributed by atoms with E-state index in [2.05, 4.69) is 26.0 Å². The summed E-state index contributed by atoms with van der Waals surface area (Å²) < 4.78 is 14.7. The number of hydrazone groups is 1. The fourth-order valence-corrected chi connectivity index (χ4v) is 2.73. The maximum Gasteiger partial charge on any atom is 0.347 e. The summed E-state index contributed by atoms with van der Waals surface area (Å²) in [5.74, 6) is -2.19. The summed E-state index contributed by atoms with van der Waals surface area (Å²) in [6, 6.07) is 6.02. The summed E-state index contributed by atoms with van der Waals surface area (Å²) in [7, 11) is 0. The summed E-state index contributed by atoms with van der Waals surface area (Å²) in [5.41, 5.74) is 2.29. The number of rotatable bonds is 11. The molecule has 176 valence electrons. The SMILES string of the molecule is CCOC(=O)C(=CNC(/C=N/Nc1nnc(Cl)c2ccccc12)C(=O)OCC)C(=O)OCC. The number of fused-ring (bicyclic) bond motifs is 1. The summed E-state index contributed by atoms with van der Waals surface area (Å²) >= 11 is 6.06. The molecule has 1 aromatic carbocycles. The Balaban J connectivity index is 2.25. The van der Waals surface area contributed by atoms with E-state index in [1.54, 1.807) is 45.0 Å². The normalized spacial score (nSPS) is 11.5. The zero-order chi connectivity index (χ0) is 24.2. The van der Waals surface area contributed by atoms with Crippen molar-refractivity contribution in [2.75, 3.05) is 25.2 Å². The molecule has 11 nitrogen and oxygen atoms in total. The maximum absolute atomic E-state index is 12.3. The molecule has 0 aliphatic heterocycles. The molecule has 0 fully saturated rings. The Bertz CT molecular complexity index is 1040. The van der Waals surface area contributed by atoms with Crippen molar-refractivity contribution in [3.05, 3.63) is 41.2 Å².